The van der Waals surface area contributed by atoms with Crippen LogP contribution in [0.5, 0.6) is 0 Å². The molecule has 0 atom stereocenters. The topological polar surface area (TPSA) is 136 Å². The van der Waals surface area contributed by atoms with E-state index in [1.54, 1.807) is 12.1 Å². The lowest BCUT2D eigenvalue weighted by Gasteiger charge is -2.43. The summed E-state index contributed by atoms with van der Waals surface area (Å²) in [5.74, 6) is 0. The van der Waals surface area contributed by atoms with Gasteiger partial charge < -0.3 is 47.1 Å². The predicted octanol–water partition coefficient (Wildman–Crippen LogP) is 4.43. The Hall–Kier alpha value is -2.61. The van der Waals surface area contributed by atoms with Gasteiger partial charge in [0.2, 0.25) is 0 Å². The Morgan fingerprint density at radius 1 is 0.414 bits per heavy atom. The summed E-state index contributed by atoms with van der Waals surface area (Å²) in [6, 6.07) is 27.7. The van der Waals surface area contributed by atoms with E-state index < -0.39 is 18.4 Å². The molecule has 0 aliphatic heterocycles. The second-order valence-corrected chi connectivity index (χ2v) is 20.0. The number of aryl methyl sites for hydroxylation is 1. The minimum Gasteiger partial charge on any atom is -0.405 e. The molecule has 0 fully saturated rings. The fourth-order valence-corrected chi connectivity index (χ4v) is 11.3. The molecule has 0 saturated heterocycles. The average molecular weight is 851 g/mol. The smallest absolute Gasteiger partial charge is 0.297 e. The van der Waals surface area contributed by atoms with Crippen LogP contribution in [0.3, 0.4) is 0 Å². The minimum atomic E-state index is -3.78. The van der Waals surface area contributed by atoms with E-state index in [2.05, 4.69) is 69.3 Å². The molecule has 0 aliphatic carbocycles. The molecule has 0 saturated carbocycles. The summed E-state index contributed by atoms with van der Waals surface area (Å²) >= 11 is 0. The molecule has 0 N–H and O–H groups in total. The molecule has 0 radical (unpaired) electrons. The van der Waals surface area contributed by atoms with E-state index in [4.69, 9.17) is 51.2 Å². The zero-order valence-corrected chi connectivity index (χ0v) is 36.8. The van der Waals surface area contributed by atoms with Crippen LogP contribution < -0.4 is 10.4 Å². The molecule has 58 heavy (non-hydrogen) atoms. The lowest BCUT2D eigenvalue weighted by molar-refractivity contribution is -0.0257. The van der Waals surface area contributed by atoms with Gasteiger partial charge in [-0.25, -0.2) is 0 Å². The van der Waals surface area contributed by atoms with Crippen molar-refractivity contribution in [2.45, 2.75) is 37.6 Å². The van der Waals surface area contributed by atoms with Crippen LogP contribution in [-0.4, -0.2) is 149 Å². The number of hydrogen-bond donors (Lipinski definition) is 0. The third-order valence-corrected chi connectivity index (χ3v) is 15.1. The largest absolute Gasteiger partial charge is 0.405 e. The molecular formula is C43H66O13SSi. The highest BCUT2D eigenvalue weighted by atomic mass is 32.2. The molecular weight excluding hydrogens is 785 g/mol. The third kappa shape index (κ3) is 19.6. The van der Waals surface area contributed by atoms with Crippen molar-refractivity contribution < 1.29 is 59.7 Å². The first-order chi connectivity index (χ1) is 28.2. The van der Waals surface area contributed by atoms with Crippen LogP contribution in [0.2, 0.25) is 5.04 Å². The van der Waals surface area contributed by atoms with Gasteiger partial charge in [-0.2, -0.15) is 8.42 Å². The van der Waals surface area contributed by atoms with E-state index in [1.165, 1.54) is 22.5 Å². The van der Waals surface area contributed by atoms with Gasteiger partial charge in [0.15, 0.2) is 0 Å². The van der Waals surface area contributed by atoms with Crippen molar-refractivity contribution in [1.82, 2.24) is 0 Å². The summed E-state index contributed by atoms with van der Waals surface area (Å²) in [6.07, 6.45) is 0. The SMILES string of the molecule is Cc1ccc(S(=O)(=O)OCCOCCOCCOCCOCCOCCOCCOCCOCCOCCO[Si](c2ccccc2)(c2ccccc2)C(C)(C)C)cc1. The van der Waals surface area contributed by atoms with Gasteiger partial charge in [0, 0.05) is 0 Å². The summed E-state index contributed by atoms with van der Waals surface area (Å²) in [5, 5.41) is 2.45. The standard InChI is InChI=1S/C43H66O13SSi/c1-39-15-17-40(18-16-39)57(44,45)55-37-35-53-33-31-51-29-27-49-25-23-47-21-19-46-20-22-48-24-26-50-28-30-52-32-34-54-36-38-56-58(43(2,3)4,41-11-7-5-8-12-41)42-13-9-6-10-14-42/h5-18H,19-38H2,1-4H3. The average Bonchev–Trinajstić information content (AvgIpc) is 3.21. The maximum atomic E-state index is 12.1. The molecule has 3 rings (SSSR count). The molecule has 0 heterocycles. The quantitative estimate of drug-likeness (QED) is 0.0470. The first-order valence-electron chi connectivity index (χ1n) is 20.1. The zero-order valence-electron chi connectivity index (χ0n) is 34.9. The van der Waals surface area contributed by atoms with Crippen molar-refractivity contribution in [2.24, 2.45) is 0 Å². The maximum absolute atomic E-state index is 12.1. The molecule has 326 valence electrons. The van der Waals surface area contributed by atoms with E-state index in [1.807, 2.05) is 19.1 Å². The highest BCUT2D eigenvalue weighted by Crippen LogP contribution is 2.36. The van der Waals surface area contributed by atoms with Crippen LogP contribution >= 0.6 is 0 Å². The maximum Gasteiger partial charge on any atom is 0.297 e. The summed E-state index contributed by atoms with van der Waals surface area (Å²) in [4.78, 5) is 0.127. The minimum absolute atomic E-state index is 0.0615. The van der Waals surface area contributed by atoms with E-state index in [0.29, 0.717) is 119 Å². The summed E-state index contributed by atoms with van der Waals surface area (Å²) in [6.45, 7) is 17.1. The highest BCUT2D eigenvalue weighted by Gasteiger charge is 2.50. The number of ether oxygens (including phenoxy) is 9. The van der Waals surface area contributed by atoms with Crippen molar-refractivity contribution in [3.8, 4) is 0 Å². The van der Waals surface area contributed by atoms with Gasteiger partial charge in [-0.15, -0.1) is 0 Å². The first-order valence-corrected chi connectivity index (χ1v) is 23.4. The Morgan fingerprint density at radius 2 is 0.707 bits per heavy atom. The van der Waals surface area contributed by atoms with Crippen LogP contribution in [0.4, 0.5) is 0 Å². The van der Waals surface area contributed by atoms with Gasteiger partial charge in [0.25, 0.3) is 18.4 Å². The first kappa shape index (κ1) is 49.7. The zero-order chi connectivity index (χ0) is 41.6. The normalized spacial score (nSPS) is 12.3. The monoisotopic (exact) mass is 850 g/mol. The van der Waals surface area contributed by atoms with Gasteiger partial charge in [-0.1, -0.05) is 99.1 Å². The molecule has 3 aromatic rings. The molecule has 0 spiro atoms. The van der Waals surface area contributed by atoms with E-state index >= 15 is 0 Å². The van der Waals surface area contributed by atoms with E-state index in [0.717, 1.165) is 5.56 Å². The Bertz CT molecular complexity index is 1500. The van der Waals surface area contributed by atoms with Gasteiger partial charge in [0.1, 0.15) is 0 Å². The Morgan fingerprint density at radius 3 is 1.02 bits per heavy atom. The Balaban J connectivity index is 1.02. The third-order valence-electron chi connectivity index (χ3n) is 8.71. The molecule has 0 bridgehead atoms. The predicted molar refractivity (Wildman–Crippen MR) is 225 cm³/mol. The Labute approximate surface area is 347 Å². The molecule has 0 aromatic heterocycles. The fourth-order valence-electron chi connectivity index (χ4n) is 5.85. The summed E-state index contributed by atoms with van der Waals surface area (Å²) in [7, 11) is -6.33. The van der Waals surface area contributed by atoms with Gasteiger partial charge in [0.05, 0.1) is 137 Å². The lowest BCUT2D eigenvalue weighted by atomic mass is 10.2. The molecule has 13 nitrogen and oxygen atoms in total. The highest BCUT2D eigenvalue weighted by molar-refractivity contribution is 7.86. The van der Waals surface area contributed by atoms with Crippen molar-refractivity contribution >= 4 is 28.8 Å². The second kappa shape index (κ2) is 29.6. The van der Waals surface area contributed by atoms with Crippen LogP contribution in [0.25, 0.3) is 0 Å². The van der Waals surface area contributed by atoms with Crippen LogP contribution in [-0.2, 0) is 61.4 Å². The van der Waals surface area contributed by atoms with E-state index in [9.17, 15) is 8.42 Å². The summed E-state index contributed by atoms with van der Waals surface area (Å²) in [5.41, 5.74) is 0.975. The van der Waals surface area contributed by atoms with E-state index in [-0.39, 0.29) is 23.1 Å². The molecule has 3 aromatic carbocycles. The van der Waals surface area contributed by atoms with Crippen LogP contribution in [0.1, 0.15) is 26.3 Å². The van der Waals surface area contributed by atoms with Crippen LogP contribution in [0.15, 0.2) is 89.8 Å². The summed E-state index contributed by atoms with van der Waals surface area (Å²) < 4.78 is 86.0. The van der Waals surface area contributed by atoms with Gasteiger partial charge in [-0.3, -0.25) is 4.18 Å². The van der Waals surface area contributed by atoms with Gasteiger partial charge >= 0.3 is 0 Å². The Kier molecular flexibility index (Phi) is 25.4. The molecule has 0 unspecified atom stereocenters. The number of benzene rings is 3. The number of rotatable bonds is 35. The van der Waals surface area contributed by atoms with Crippen LogP contribution in [0, 0.1) is 6.92 Å². The molecule has 15 heteroatoms. The molecule has 0 aliphatic rings. The van der Waals surface area contributed by atoms with Crippen molar-refractivity contribution in [3.63, 3.8) is 0 Å². The number of hydrogen-bond acceptors (Lipinski definition) is 13. The molecule has 0 amide bonds. The fraction of sp³-hybridized carbons (Fsp3) is 0.581. The van der Waals surface area contributed by atoms with Gasteiger partial charge in [-0.05, 0) is 34.5 Å². The second-order valence-electron chi connectivity index (χ2n) is 14.1. The van der Waals surface area contributed by atoms with Crippen molar-refractivity contribution in [3.05, 3.63) is 90.5 Å². The van der Waals surface area contributed by atoms with Crippen molar-refractivity contribution in [2.75, 3.05) is 132 Å². The van der Waals surface area contributed by atoms with Crippen molar-refractivity contribution in [1.29, 1.82) is 0 Å². The lowest BCUT2D eigenvalue weighted by Crippen LogP contribution is -2.66.